The van der Waals surface area contributed by atoms with Gasteiger partial charge in [-0.25, -0.2) is 0 Å². The number of piperidine rings is 1. The number of rotatable bonds is 3. The number of halogens is 2. The first-order valence-corrected chi connectivity index (χ1v) is 9.68. The van der Waals surface area contributed by atoms with E-state index in [4.69, 9.17) is 28.9 Å². The molecule has 0 radical (unpaired) electrons. The van der Waals surface area contributed by atoms with Crippen molar-refractivity contribution in [1.82, 2.24) is 4.90 Å². The van der Waals surface area contributed by atoms with Crippen molar-refractivity contribution in [1.29, 1.82) is 0 Å². The Balaban J connectivity index is 1.85. The maximum Gasteiger partial charge on any atom is 0.254 e. The van der Waals surface area contributed by atoms with E-state index >= 15 is 0 Å². The van der Waals surface area contributed by atoms with E-state index in [-0.39, 0.29) is 18.0 Å². The summed E-state index contributed by atoms with van der Waals surface area (Å²) in [4.78, 5) is 15.1. The third-order valence-corrected chi connectivity index (χ3v) is 5.68. The molecule has 2 aromatic rings. The average Bonchev–Trinajstić information content (AvgIpc) is 2.57. The predicted molar refractivity (Wildman–Crippen MR) is 108 cm³/mol. The lowest BCUT2D eigenvalue weighted by molar-refractivity contribution is 0.0595. The molecular formula is C21H24Cl2N2O. The van der Waals surface area contributed by atoms with Gasteiger partial charge in [-0.15, -0.1) is 0 Å². The van der Waals surface area contributed by atoms with Gasteiger partial charge in [-0.05, 0) is 62.9 Å². The van der Waals surface area contributed by atoms with Gasteiger partial charge in [0.1, 0.15) is 0 Å². The largest absolute Gasteiger partial charge is 0.335 e. The van der Waals surface area contributed by atoms with E-state index in [1.54, 1.807) is 6.07 Å². The van der Waals surface area contributed by atoms with Crippen LogP contribution in [-0.2, 0) is 6.42 Å². The molecule has 1 fully saturated rings. The second-order valence-corrected chi connectivity index (χ2v) is 8.08. The first kappa shape index (κ1) is 19.2. The van der Waals surface area contributed by atoms with Gasteiger partial charge in [0.25, 0.3) is 5.91 Å². The lowest BCUT2D eigenvalue weighted by Crippen LogP contribution is -2.50. The Labute approximate surface area is 165 Å². The lowest BCUT2D eigenvalue weighted by Gasteiger charge is -2.39. The second kappa shape index (κ2) is 7.99. The molecule has 0 saturated carbocycles. The zero-order chi connectivity index (χ0) is 18.8. The van der Waals surface area contributed by atoms with Gasteiger partial charge in [0.15, 0.2) is 0 Å². The molecule has 2 aromatic carbocycles. The molecule has 1 heterocycles. The topological polar surface area (TPSA) is 46.3 Å². The molecule has 138 valence electrons. The van der Waals surface area contributed by atoms with Crippen LogP contribution in [0.2, 0.25) is 10.0 Å². The van der Waals surface area contributed by atoms with Crippen molar-refractivity contribution in [2.75, 3.05) is 6.54 Å². The third kappa shape index (κ3) is 4.40. The van der Waals surface area contributed by atoms with Gasteiger partial charge < -0.3 is 10.6 Å². The Morgan fingerprint density at radius 2 is 1.81 bits per heavy atom. The van der Waals surface area contributed by atoms with E-state index in [1.165, 1.54) is 0 Å². The molecule has 0 aliphatic carbocycles. The van der Waals surface area contributed by atoms with Crippen LogP contribution in [0.25, 0.3) is 0 Å². The molecule has 2 unspecified atom stereocenters. The molecular weight excluding hydrogens is 367 g/mol. The molecule has 2 N–H and O–H groups in total. The van der Waals surface area contributed by atoms with Crippen molar-refractivity contribution in [2.24, 2.45) is 5.73 Å². The van der Waals surface area contributed by atoms with E-state index in [0.717, 1.165) is 41.5 Å². The highest BCUT2D eigenvalue weighted by Gasteiger charge is 2.31. The molecule has 3 nitrogen and oxygen atoms in total. The normalized spacial score (nSPS) is 20.3. The van der Waals surface area contributed by atoms with E-state index in [9.17, 15) is 4.79 Å². The average molecular weight is 391 g/mol. The summed E-state index contributed by atoms with van der Waals surface area (Å²) < 4.78 is 0. The Morgan fingerprint density at radius 1 is 1.12 bits per heavy atom. The van der Waals surface area contributed by atoms with Crippen LogP contribution < -0.4 is 5.73 Å². The van der Waals surface area contributed by atoms with E-state index in [1.807, 2.05) is 43.0 Å². The quantitative estimate of drug-likeness (QED) is 0.818. The van der Waals surface area contributed by atoms with Gasteiger partial charge in [-0.3, -0.25) is 4.79 Å². The minimum Gasteiger partial charge on any atom is -0.335 e. The number of aryl methyl sites for hydroxylation is 2. The highest BCUT2D eigenvalue weighted by molar-refractivity contribution is 6.42. The fourth-order valence-electron chi connectivity index (χ4n) is 3.75. The van der Waals surface area contributed by atoms with Gasteiger partial charge in [0.05, 0.1) is 10.0 Å². The number of amides is 1. The Kier molecular flexibility index (Phi) is 5.91. The van der Waals surface area contributed by atoms with Crippen molar-refractivity contribution >= 4 is 29.1 Å². The number of carbonyl (C=O) groups is 1. The fourth-order valence-corrected chi connectivity index (χ4v) is 4.07. The number of likely N-dealkylation sites (tertiary alicyclic amines) is 1. The predicted octanol–water partition coefficient (Wildman–Crippen LogP) is 4.78. The standard InChI is InChI=1S/C21H24Cl2N2O/c1-13-7-14(2)9-16(8-13)21(26)25-6-5-17(24)12-18(25)10-15-3-4-19(22)20(23)11-15/h3-4,7-9,11,17-18H,5-6,10,12,24H2,1-2H3. The van der Waals surface area contributed by atoms with Crippen molar-refractivity contribution < 1.29 is 4.79 Å². The lowest BCUT2D eigenvalue weighted by atomic mass is 9.91. The number of nitrogens with zero attached hydrogens (tertiary/aromatic N) is 1. The van der Waals surface area contributed by atoms with Gasteiger partial charge >= 0.3 is 0 Å². The SMILES string of the molecule is Cc1cc(C)cc(C(=O)N2CCC(N)CC2Cc2ccc(Cl)c(Cl)c2)c1. The maximum absolute atomic E-state index is 13.2. The van der Waals surface area contributed by atoms with E-state index in [0.29, 0.717) is 16.6 Å². The zero-order valence-electron chi connectivity index (χ0n) is 15.1. The fraction of sp³-hybridized carbons (Fsp3) is 0.381. The zero-order valence-corrected chi connectivity index (χ0v) is 16.6. The molecule has 0 spiro atoms. The summed E-state index contributed by atoms with van der Waals surface area (Å²) in [7, 11) is 0. The molecule has 2 atom stereocenters. The molecule has 1 aliphatic rings. The van der Waals surface area contributed by atoms with Crippen molar-refractivity contribution in [3.05, 3.63) is 68.7 Å². The maximum atomic E-state index is 13.2. The summed E-state index contributed by atoms with van der Waals surface area (Å²) in [6.45, 7) is 4.71. The third-order valence-electron chi connectivity index (χ3n) is 4.94. The molecule has 26 heavy (non-hydrogen) atoms. The number of carbonyl (C=O) groups excluding carboxylic acids is 1. The number of hydrogen-bond donors (Lipinski definition) is 1. The summed E-state index contributed by atoms with van der Waals surface area (Å²) in [6.07, 6.45) is 2.34. The first-order valence-electron chi connectivity index (χ1n) is 8.92. The number of nitrogens with two attached hydrogens (primary N) is 1. The molecule has 0 aromatic heterocycles. The van der Waals surface area contributed by atoms with Gasteiger partial charge in [-0.1, -0.05) is 46.5 Å². The number of benzene rings is 2. The van der Waals surface area contributed by atoms with Gasteiger partial charge in [0, 0.05) is 24.2 Å². The summed E-state index contributed by atoms with van der Waals surface area (Å²) in [6, 6.07) is 11.8. The van der Waals surface area contributed by atoms with Gasteiger partial charge in [-0.2, -0.15) is 0 Å². The van der Waals surface area contributed by atoms with Crippen molar-refractivity contribution in [3.63, 3.8) is 0 Å². The highest BCUT2D eigenvalue weighted by Crippen LogP contribution is 2.27. The van der Waals surface area contributed by atoms with Crippen LogP contribution in [0.3, 0.4) is 0 Å². The minimum atomic E-state index is 0.0595. The van der Waals surface area contributed by atoms with Gasteiger partial charge in [0.2, 0.25) is 0 Å². The molecule has 1 amide bonds. The summed E-state index contributed by atoms with van der Waals surface area (Å²) in [5.41, 5.74) is 10.2. The minimum absolute atomic E-state index is 0.0595. The Bertz CT molecular complexity index is 801. The van der Waals surface area contributed by atoms with Crippen molar-refractivity contribution in [3.8, 4) is 0 Å². The molecule has 1 aliphatic heterocycles. The van der Waals surface area contributed by atoms with Crippen LogP contribution in [0.1, 0.15) is 39.9 Å². The van der Waals surface area contributed by atoms with Crippen LogP contribution in [0.4, 0.5) is 0 Å². The van der Waals surface area contributed by atoms with Crippen LogP contribution in [-0.4, -0.2) is 29.4 Å². The second-order valence-electron chi connectivity index (χ2n) is 7.27. The smallest absolute Gasteiger partial charge is 0.254 e. The van der Waals surface area contributed by atoms with E-state index in [2.05, 4.69) is 6.07 Å². The summed E-state index contributed by atoms with van der Waals surface area (Å²) in [5.74, 6) is 0.0776. The van der Waals surface area contributed by atoms with Crippen LogP contribution in [0, 0.1) is 13.8 Å². The van der Waals surface area contributed by atoms with Crippen molar-refractivity contribution in [2.45, 2.75) is 45.2 Å². The first-order chi connectivity index (χ1) is 12.3. The molecule has 1 saturated heterocycles. The summed E-state index contributed by atoms with van der Waals surface area (Å²) in [5, 5.41) is 1.08. The molecule has 5 heteroatoms. The highest BCUT2D eigenvalue weighted by atomic mass is 35.5. The number of hydrogen-bond acceptors (Lipinski definition) is 2. The van der Waals surface area contributed by atoms with E-state index < -0.39 is 0 Å². The van der Waals surface area contributed by atoms with Crippen LogP contribution in [0.5, 0.6) is 0 Å². The Morgan fingerprint density at radius 3 is 2.46 bits per heavy atom. The molecule has 0 bridgehead atoms. The Hall–Kier alpha value is -1.55. The molecule has 3 rings (SSSR count). The van der Waals surface area contributed by atoms with Crippen LogP contribution >= 0.6 is 23.2 Å². The summed E-state index contributed by atoms with van der Waals surface area (Å²) >= 11 is 12.2. The monoisotopic (exact) mass is 390 g/mol. The van der Waals surface area contributed by atoms with Crippen LogP contribution in [0.15, 0.2) is 36.4 Å².